The number of rotatable bonds is 11. The Morgan fingerprint density at radius 2 is 2.00 bits per heavy atom. The molecule has 0 radical (unpaired) electrons. The molecule has 1 aromatic heterocycles. The minimum atomic E-state index is 0.184. The molecule has 1 aliphatic carbocycles. The third-order valence-electron chi connectivity index (χ3n) is 5.45. The quantitative estimate of drug-likeness (QED) is 0.384. The molecule has 0 saturated heterocycles. The zero-order valence-corrected chi connectivity index (χ0v) is 17.3. The molecule has 1 aliphatic rings. The lowest BCUT2D eigenvalue weighted by Crippen LogP contribution is -2.27. The number of nitrogens with one attached hydrogen (secondary N) is 1. The Morgan fingerprint density at radius 3 is 2.83 bits per heavy atom. The van der Waals surface area contributed by atoms with Crippen LogP contribution in [0, 0.1) is 5.92 Å². The number of ether oxygens (including phenoxy) is 1. The first-order valence-corrected chi connectivity index (χ1v) is 10.8. The third-order valence-corrected chi connectivity index (χ3v) is 5.45. The summed E-state index contributed by atoms with van der Waals surface area (Å²) in [7, 11) is 0. The van der Waals surface area contributed by atoms with E-state index in [0.717, 1.165) is 66.8 Å². The highest BCUT2D eigenvalue weighted by molar-refractivity contribution is 5.80. The fourth-order valence-corrected chi connectivity index (χ4v) is 3.73. The number of imidazole rings is 1. The van der Waals surface area contributed by atoms with Crippen LogP contribution in [-0.2, 0) is 24.2 Å². The molecule has 2 aromatic carbocycles. The molecule has 5 nitrogen and oxygen atoms in total. The molecule has 0 aliphatic heterocycles. The number of carbonyl (C=O) groups is 1. The monoisotopic (exact) mass is 403 g/mol. The normalized spacial score (nSPS) is 13.3. The second-order valence-corrected chi connectivity index (χ2v) is 7.79. The summed E-state index contributed by atoms with van der Waals surface area (Å²) in [6.45, 7) is 5.92. The van der Waals surface area contributed by atoms with Gasteiger partial charge in [0.15, 0.2) is 0 Å². The number of aryl methyl sites for hydroxylation is 1. The van der Waals surface area contributed by atoms with E-state index in [-0.39, 0.29) is 11.8 Å². The van der Waals surface area contributed by atoms with Crippen molar-refractivity contribution in [2.45, 2.75) is 38.6 Å². The molecule has 5 heteroatoms. The lowest BCUT2D eigenvalue weighted by atomic mass is 10.1. The first-order chi connectivity index (χ1) is 14.8. The average Bonchev–Trinajstić information content (AvgIpc) is 3.55. The number of benzene rings is 2. The lowest BCUT2D eigenvalue weighted by Gasteiger charge is -2.12. The smallest absolute Gasteiger partial charge is 0.223 e. The predicted molar refractivity (Wildman–Crippen MR) is 120 cm³/mol. The minimum Gasteiger partial charge on any atom is -0.493 e. The second kappa shape index (κ2) is 9.61. The van der Waals surface area contributed by atoms with E-state index in [1.165, 1.54) is 0 Å². The zero-order valence-electron chi connectivity index (χ0n) is 17.3. The molecule has 0 spiro atoms. The van der Waals surface area contributed by atoms with Crippen LogP contribution in [0.1, 0.15) is 30.7 Å². The molecule has 1 N–H and O–H groups in total. The van der Waals surface area contributed by atoms with E-state index >= 15 is 0 Å². The molecule has 3 aromatic rings. The van der Waals surface area contributed by atoms with E-state index in [2.05, 4.69) is 28.6 Å². The maximum atomic E-state index is 11.9. The number of allylic oxidation sites excluding steroid dienone is 1. The first-order valence-electron chi connectivity index (χ1n) is 10.8. The number of amides is 1. The molecular formula is C25H29N3O2. The van der Waals surface area contributed by atoms with Crippen LogP contribution in [-0.4, -0.2) is 28.6 Å². The van der Waals surface area contributed by atoms with Gasteiger partial charge >= 0.3 is 0 Å². The van der Waals surface area contributed by atoms with Crippen LogP contribution in [0.25, 0.3) is 11.0 Å². The Labute approximate surface area is 177 Å². The molecule has 0 bridgehead atoms. The highest BCUT2D eigenvalue weighted by atomic mass is 16.5. The number of carbonyl (C=O) groups excluding carboxylic acids is 1. The van der Waals surface area contributed by atoms with Gasteiger partial charge in [0.1, 0.15) is 11.6 Å². The molecular weight excluding hydrogens is 374 g/mol. The van der Waals surface area contributed by atoms with Crippen molar-refractivity contribution >= 4 is 16.9 Å². The predicted octanol–water partition coefficient (Wildman–Crippen LogP) is 4.30. The van der Waals surface area contributed by atoms with Crippen LogP contribution < -0.4 is 10.1 Å². The molecule has 1 fully saturated rings. The maximum Gasteiger partial charge on any atom is 0.223 e. The zero-order chi connectivity index (χ0) is 20.8. The number of nitrogens with zero attached hydrogens (tertiary/aromatic N) is 2. The van der Waals surface area contributed by atoms with Crippen molar-refractivity contribution in [3.05, 3.63) is 72.6 Å². The van der Waals surface area contributed by atoms with Crippen molar-refractivity contribution in [3.63, 3.8) is 0 Å². The van der Waals surface area contributed by atoms with Crippen LogP contribution in [0.2, 0.25) is 0 Å². The summed E-state index contributed by atoms with van der Waals surface area (Å²) >= 11 is 0. The van der Waals surface area contributed by atoms with E-state index in [1.807, 2.05) is 42.5 Å². The number of hydrogen-bond donors (Lipinski definition) is 1. The van der Waals surface area contributed by atoms with Crippen LogP contribution >= 0.6 is 0 Å². The van der Waals surface area contributed by atoms with Crippen LogP contribution in [0.5, 0.6) is 5.75 Å². The highest BCUT2D eigenvalue weighted by Crippen LogP contribution is 2.28. The van der Waals surface area contributed by atoms with E-state index in [9.17, 15) is 4.79 Å². The Kier molecular flexibility index (Phi) is 6.47. The Balaban J connectivity index is 1.37. The topological polar surface area (TPSA) is 56.1 Å². The lowest BCUT2D eigenvalue weighted by molar-refractivity contribution is -0.122. The van der Waals surface area contributed by atoms with E-state index < -0.39 is 0 Å². The second-order valence-electron chi connectivity index (χ2n) is 7.79. The van der Waals surface area contributed by atoms with Crippen LogP contribution in [0.3, 0.4) is 0 Å². The fourth-order valence-electron chi connectivity index (χ4n) is 3.73. The molecule has 1 saturated carbocycles. The fraction of sp³-hybridized carbons (Fsp3) is 0.360. The van der Waals surface area contributed by atoms with Gasteiger partial charge in [0, 0.05) is 25.4 Å². The third kappa shape index (κ3) is 4.90. The van der Waals surface area contributed by atoms with Crippen LogP contribution in [0.15, 0.2) is 61.2 Å². The van der Waals surface area contributed by atoms with Gasteiger partial charge in [-0.2, -0.15) is 0 Å². The largest absolute Gasteiger partial charge is 0.493 e. The number of para-hydroxylation sites is 3. The number of aromatic nitrogens is 2. The van der Waals surface area contributed by atoms with Gasteiger partial charge in [-0.05, 0) is 49.4 Å². The van der Waals surface area contributed by atoms with E-state index in [0.29, 0.717) is 13.2 Å². The van der Waals surface area contributed by atoms with Gasteiger partial charge in [-0.1, -0.05) is 36.4 Å². The van der Waals surface area contributed by atoms with Gasteiger partial charge in [-0.25, -0.2) is 4.98 Å². The van der Waals surface area contributed by atoms with Crippen LogP contribution in [0.4, 0.5) is 0 Å². The number of hydrogen-bond acceptors (Lipinski definition) is 3. The summed E-state index contributed by atoms with van der Waals surface area (Å²) in [4.78, 5) is 16.7. The van der Waals surface area contributed by atoms with Gasteiger partial charge in [-0.15, -0.1) is 6.58 Å². The maximum absolute atomic E-state index is 11.9. The Morgan fingerprint density at radius 1 is 1.20 bits per heavy atom. The summed E-state index contributed by atoms with van der Waals surface area (Å²) in [6.07, 6.45) is 6.37. The van der Waals surface area contributed by atoms with Crippen molar-refractivity contribution in [2.24, 2.45) is 5.92 Å². The minimum absolute atomic E-state index is 0.184. The van der Waals surface area contributed by atoms with Gasteiger partial charge in [0.05, 0.1) is 17.6 Å². The summed E-state index contributed by atoms with van der Waals surface area (Å²) in [5.41, 5.74) is 3.29. The summed E-state index contributed by atoms with van der Waals surface area (Å²) in [6, 6.07) is 16.3. The number of fused-ring (bicyclic) bond motifs is 1. The van der Waals surface area contributed by atoms with Crippen molar-refractivity contribution < 1.29 is 9.53 Å². The molecule has 0 atom stereocenters. The van der Waals surface area contributed by atoms with E-state index in [1.54, 1.807) is 0 Å². The molecule has 1 heterocycles. The van der Waals surface area contributed by atoms with Gasteiger partial charge in [0.2, 0.25) is 5.91 Å². The average molecular weight is 404 g/mol. The Bertz CT molecular complexity index is 1020. The van der Waals surface area contributed by atoms with Crippen molar-refractivity contribution in [1.29, 1.82) is 0 Å². The standard InChI is InChI=1S/C25H29N3O2/c1-2-8-19-9-3-6-12-23(19)30-18-7-17-28-22-11-5-4-10-21(22)27-24(28)15-16-26-25(29)20-13-14-20/h2-6,9-12,20H,1,7-8,13-18H2,(H,26,29). The SMILES string of the molecule is C=CCc1ccccc1OCCCn1c(CCNC(=O)C2CC2)nc2ccccc21. The molecule has 0 unspecified atom stereocenters. The molecule has 156 valence electrons. The van der Waals surface area contributed by atoms with Crippen molar-refractivity contribution in [3.8, 4) is 5.75 Å². The van der Waals surface area contributed by atoms with Crippen molar-refractivity contribution in [1.82, 2.24) is 14.9 Å². The highest BCUT2D eigenvalue weighted by Gasteiger charge is 2.29. The summed E-state index contributed by atoms with van der Waals surface area (Å²) < 4.78 is 8.31. The first kappa shape index (κ1) is 20.2. The molecule has 30 heavy (non-hydrogen) atoms. The Hall–Kier alpha value is -3.08. The van der Waals surface area contributed by atoms with Gasteiger partial charge in [-0.3, -0.25) is 4.79 Å². The van der Waals surface area contributed by atoms with E-state index in [4.69, 9.17) is 9.72 Å². The summed E-state index contributed by atoms with van der Waals surface area (Å²) in [5, 5.41) is 3.05. The molecule has 1 amide bonds. The van der Waals surface area contributed by atoms with Gasteiger partial charge in [0.25, 0.3) is 0 Å². The molecule has 4 rings (SSSR count). The van der Waals surface area contributed by atoms with Gasteiger partial charge < -0.3 is 14.6 Å². The van der Waals surface area contributed by atoms with Crippen molar-refractivity contribution in [2.75, 3.05) is 13.2 Å². The summed E-state index contributed by atoms with van der Waals surface area (Å²) in [5.74, 6) is 2.37.